The molecule has 0 aromatic heterocycles. The molecule has 0 spiro atoms. The Bertz CT molecular complexity index is 736. The topological polar surface area (TPSA) is 103 Å². The summed E-state index contributed by atoms with van der Waals surface area (Å²) in [5, 5.41) is 12.2. The van der Waals surface area contributed by atoms with Crippen molar-refractivity contribution in [1.29, 1.82) is 0 Å². The number of para-hydroxylation sites is 1. The zero-order valence-electron chi connectivity index (χ0n) is 16.8. The van der Waals surface area contributed by atoms with Gasteiger partial charge in [-0.3, -0.25) is 9.32 Å². The van der Waals surface area contributed by atoms with Crippen molar-refractivity contribution in [2.24, 2.45) is 0 Å². The highest BCUT2D eigenvalue weighted by atomic mass is 35.5. The molecule has 1 aromatic rings. The van der Waals surface area contributed by atoms with Gasteiger partial charge in [-0.05, 0) is 39.8 Å². The van der Waals surface area contributed by atoms with Crippen LogP contribution in [-0.2, 0) is 23.4 Å². The number of esters is 1. The summed E-state index contributed by atoms with van der Waals surface area (Å²) in [4.78, 5) is 10.9. The minimum absolute atomic E-state index is 0.243. The number of carbonyl (C=O) groups is 1. The van der Waals surface area contributed by atoms with Crippen molar-refractivity contribution < 1.29 is 33.0 Å². The summed E-state index contributed by atoms with van der Waals surface area (Å²) in [5.74, 6) is -0.389. The normalized spacial score (nSPS) is 30.0. The van der Waals surface area contributed by atoms with Crippen LogP contribution in [0.25, 0.3) is 0 Å². The summed E-state index contributed by atoms with van der Waals surface area (Å²) in [7, 11) is 1.69. The number of halogens is 1. The molecule has 6 atom stereocenters. The summed E-state index contributed by atoms with van der Waals surface area (Å²) >= 11 is 6.45. The number of alkyl halides is 1. The highest BCUT2D eigenvalue weighted by Crippen LogP contribution is 2.51. The molecule has 1 aliphatic rings. The summed E-state index contributed by atoms with van der Waals surface area (Å²) in [6, 6.07) is 6.30. The second-order valence-corrected chi connectivity index (χ2v) is 9.65. The molecule has 29 heavy (non-hydrogen) atoms. The highest BCUT2D eigenvalue weighted by molar-refractivity contribution is 7.52. The number of rotatable bonds is 9. The lowest BCUT2D eigenvalue weighted by Gasteiger charge is -2.32. The molecule has 2 radical (unpaired) electrons. The van der Waals surface area contributed by atoms with E-state index in [9.17, 15) is 14.5 Å². The van der Waals surface area contributed by atoms with Gasteiger partial charge in [0.15, 0.2) is 0 Å². The smallest absolute Gasteiger partial charge is 0.459 e. The largest absolute Gasteiger partial charge is 0.462 e. The predicted octanol–water partition coefficient (Wildman–Crippen LogP) is 2.37. The Hall–Kier alpha value is -1.09. The molecule has 1 aliphatic heterocycles. The molecule has 160 valence electrons. The SMILES string of the molecule is [B][C@@H]1O[C@H](CO)[C@@H](OP(=O)(N[C@@H](C)C(=O)OC(C)C)Oc2ccccc2)[C@@]1(C)Cl. The van der Waals surface area contributed by atoms with Crippen LogP contribution in [0.5, 0.6) is 5.75 Å². The maximum atomic E-state index is 13.6. The molecule has 1 saturated heterocycles. The zero-order chi connectivity index (χ0) is 21.8. The molecule has 2 rings (SSSR count). The van der Waals surface area contributed by atoms with Crippen molar-refractivity contribution >= 4 is 33.2 Å². The molecule has 1 fully saturated rings. The predicted molar refractivity (Wildman–Crippen MR) is 109 cm³/mol. The third-order valence-electron chi connectivity index (χ3n) is 4.23. The first kappa shape index (κ1) is 24.2. The maximum absolute atomic E-state index is 13.6. The summed E-state index contributed by atoms with van der Waals surface area (Å²) in [6.07, 6.45) is -2.37. The number of benzene rings is 1. The molecule has 1 heterocycles. The Balaban J connectivity index is 2.29. The van der Waals surface area contributed by atoms with Crippen LogP contribution in [0.15, 0.2) is 30.3 Å². The molecule has 0 aliphatic carbocycles. The van der Waals surface area contributed by atoms with Crippen LogP contribution in [0.4, 0.5) is 0 Å². The Morgan fingerprint density at radius 3 is 2.55 bits per heavy atom. The van der Waals surface area contributed by atoms with Crippen LogP contribution < -0.4 is 9.61 Å². The van der Waals surface area contributed by atoms with Gasteiger partial charge in [0.25, 0.3) is 0 Å². The fourth-order valence-corrected chi connectivity index (χ4v) is 4.79. The lowest BCUT2D eigenvalue weighted by molar-refractivity contribution is -0.149. The Morgan fingerprint density at radius 2 is 2.00 bits per heavy atom. The summed E-state index contributed by atoms with van der Waals surface area (Å²) in [6.45, 7) is 5.95. The number of aliphatic hydroxyl groups excluding tert-OH is 1. The molecule has 0 amide bonds. The van der Waals surface area contributed by atoms with Crippen LogP contribution in [0, 0.1) is 0 Å². The number of hydrogen-bond acceptors (Lipinski definition) is 7. The first-order valence-corrected chi connectivity index (χ1v) is 11.1. The number of ether oxygens (including phenoxy) is 2. The van der Waals surface area contributed by atoms with Gasteiger partial charge in [0.2, 0.25) is 0 Å². The molecule has 2 N–H and O–H groups in total. The molecular weight excluding hydrogens is 419 g/mol. The lowest BCUT2D eigenvalue weighted by atomic mass is 9.85. The minimum atomic E-state index is -4.18. The van der Waals surface area contributed by atoms with E-state index < -0.39 is 49.4 Å². The number of aliphatic hydroxyl groups is 1. The maximum Gasteiger partial charge on any atom is 0.459 e. The third-order valence-corrected chi connectivity index (χ3v) is 6.32. The van der Waals surface area contributed by atoms with Crippen molar-refractivity contribution in [1.82, 2.24) is 5.09 Å². The fraction of sp³-hybridized carbons (Fsp3) is 0.611. The molecule has 0 saturated carbocycles. The van der Waals surface area contributed by atoms with Crippen LogP contribution in [-0.4, -0.2) is 60.8 Å². The zero-order valence-corrected chi connectivity index (χ0v) is 18.4. The van der Waals surface area contributed by atoms with E-state index >= 15 is 0 Å². The van der Waals surface area contributed by atoms with Gasteiger partial charge in [-0.1, -0.05) is 18.2 Å². The average molecular weight is 446 g/mol. The second kappa shape index (κ2) is 9.81. The summed E-state index contributed by atoms with van der Waals surface area (Å²) < 4.78 is 35.5. The van der Waals surface area contributed by atoms with Gasteiger partial charge in [-0.2, -0.15) is 5.09 Å². The van der Waals surface area contributed by atoms with Crippen molar-refractivity contribution in [2.45, 2.75) is 62.9 Å². The number of hydrogen-bond donors (Lipinski definition) is 2. The Morgan fingerprint density at radius 1 is 1.38 bits per heavy atom. The van der Waals surface area contributed by atoms with Gasteiger partial charge in [-0.15, -0.1) is 11.6 Å². The lowest BCUT2D eigenvalue weighted by Crippen LogP contribution is -2.45. The van der Waals surface area contributed by atoms with E-state index in [0.29, 0.717) is 0 Å². The van der Waals surface area contributed by atoms with Gasteiger partial charge in [0.1, 0.15) is 31.8 Å². The molecule has 1 unspecified atom stereocenters. The fourth-order valence-electron chi connectivity index (χ4n) is 2.70. The van der Waals surface area contributed by atoms with E-state index in [2.05, 4.69) is 5.09 Å². The van der Waals surface area contributed by atoms with E-state index in [1.54, 1.807) is 51.1 Å². The molecular formula is C18H26BClNO7P. The number of nitrogens with one attached hydrogen (secondary N) is 1. The highest BCUT2D eigenvalue weighted by Gasteiger charge is 2.54. The van der Waals surface area contributed by atoms with Crippen molar-refractivity contribution in [2.75, 3.05) is 6.61 Å². The van der Waals surface area contributed by atoms with Crippen LogP contribution in [0.2, 0.25) is 0 Å². The van der Waals surface area contributed by atoms with Gasteiger partial charge in [0.05, 0.1) is 17.6 Å². The van der Waals surface area contributed by atoms with Gasteiger partial charge < -0.3 is 19.1 Å². The van der Waals surface area contributed by atoms with Crippen molar-refractivity contribution in [3.8, 4) is 5.75 Å². The second-order valence-electron chi connectivity index (χ2n) is 7.19. The first-order chi connectivity index (χ1) is 13.5. The van der Waals surface area contributed by atoms with Crippen LogP contribution >= 0.6 is 19.3 Å². The van der Waals surface area contributed by atoms with Crippen LogP contribution in [0.3, 0.4) is 0 Å². The van der Waals surface area contributed by atoms with Crippen molar-refractivity contribution in [3.63, 3.8) is 0 Å². The Labute approximate surface area is 177 Å². The standard InChI is InChI=1S/C18H26BClNO7P/c1-11(2)25-16(23)12(3)21-29(24,27-13-8-6-5-7-9-13)28-15-14(10-22)26-17(19)18(15,4)20/h5-9,11-12,14-15,17,22H,10H2,1-4H3,(H,21,24)/t12-,14+,15+,17+,18+,29?/m0/s1. The third kappa shape index (κ3) is 6.20. The van der Waals surface area contributed by atoms with E-state index in [4.69, 9.17) is 38.0 Å². The minimum Gasteiger partial charge on any atom is -0.462 e. The average Bonchev–Trinajstić information content (AvgIpc) is 2.84. The number of carbonyl (C=O) groups excluding carboxylic acids is 1. The monoisotopic (exact) mass is 445 g/mol. The van der Waals surface area contributed by atoms with E-state index in [0.717, 1.165) is 0 Å². The van der Waals surface area contributed by atoms with Gasteiger partial charge >= 0.3 is 13.7 Å². The van der Waals surface area contributed by atoms with Crippen LogP contribution in [0.1, 0.15) is 27.7 Å². The molecule has 0 bridgehead atoms. The van der Waals surface area contributed by atoms with Gasteiger partial charge in [-0.25, -0.2) is 4.57 Å². The molecule has 1 aromatic carbocycles. The van der Waals surface area contributed by atoms with Crippen molar-refractivity contribution in [3.05, 3.63) is 30.3 Å². The van der Waals surface area contributed by atoms with E-state index in [1.165, 1.54) is 6.92 Å². The van der Waals surface area contributed by atoms with E-state index in [1.807, 2.05) is 0 Å². The molecule has 11 heteroatoms. The summed E-state index contributed by atoms with van der Waals surface area (Å²) in [5.41, 5.74) is 0. The molecule has 8 nitrogen and oxygen atoms in total. The first-order valence-electron chi connectivity index (χ1n) is 9.20. The Kier molecular flexibility index (Phi) is 8.19. The quantitative estimate of drug-likeness (QED) is 0.258. The van der Waals surface area contributed by atoms with Gasteiger partial charge in [0, 0.05) is 6.00 Å². The van der Waals surface area contributed by atoms with E-state index in [-0.39, 0.29) is 11.9 Å².